The van der Waals surface area contributed by atoms with Crippen LogP contribution < -0.4 is 5.32 Å². The van der Waals surface area contributed by atoms with Crippen molar-refractivity contribution in [2.24, 2.45) is 5.92 Å². The zero-order chi connectivity index (χ0) is 9.90. The van der Waals surface area contributed by atoms with E-state index in [1.807, 2.05) is 0 Å². The summed E-state index contributed by atoms with van der Waals surface area (Å²) in [6.45, 7) is 2.74. The molecule has 0 amide bonds. The molecule has 1 atom stereocenters. The maximum absolute atomic E-state index is 10.8. The normalized spacial score (nSPS) is 21.1. The largest absolute Gasteiger partial charge is 0.313 e. The van der Waals surface area contributed by atoms with Gasteiger partial charge >= 0.3 is 0 Å². The molecule has 1 aliphatic carbocycles. The SMILES string of the molecule is CC(NCCS(C)(=O)=O)C1CCC1. The van der Waals surface area contributed by atoms with E-state index >= 15 is 0 Å². The van der Waals surface area contributed by atoms with Gasteiger partial charge in [-0.1, -0.05) is 6.42 Å². The lowest BCUT2D eigenvalue weighted by Gasteiger charge is -2.32. The predicted octanol–water partition coefficient (Wildman–Crippen LogP) is 0.809. The molecule has 13 heavy (non-hydrogen) atoms. The highest BCUT2D eigenvalue weighted by Crippen LogP contribution is 2.29. The second-order valence-corrected chi connectivity index (χ2v) is 6.32. The van der Waals surface area contributed by atoms with Crippen molar-refractivity contribution in [3.05, 3.63) is 0 Å². The number of hydrogen-bond acceptors (Lipinski definition) is 3. The minimum absolute atomic E-state index is 0.254. The van der Waals surface area contributed by atoms with Crippen LogP contribution in [-0.2, 0) is 9.84 Å². The molecule has 0 aromatic heterocycles. The predicted molar refractivity (Wildman–Crippen MR) is 54.5 cm³/mol. The lowest BCUT2D eigenvalue weighted by Crippen LogP contribution is -2.39. The van der Waals surface area contributed by atoms with Crippen molar-refractivity contribution in [1.29, 1.82) is 0 Å². The van der Waals surface area contributed by atoms with E-state index in [-0.39, 0.29) is 5.75 Å². The lowest BCUT2D eigenvalue weighted by molar-refractivity contribution is 0.244. The average Bonchev–Trinajstić information content (AvgIpc) is 1.79. The van der Waals surface area contributed by atoms with Crippen LogP contribution in [0.5, 0.6) is 0 Å². The van der Waals surface area contributed by atoms with Crippen LogP contribution in [0.25, 0.3) is 0 Å². The number of sulfone groups is 1. The van der Waals surface area contributed by atoms with Gasteiger partial charge in [-0.2, -0.15) is 0 Å². The van der Waals surface area contributed by atoms with Crippen molar-refractivity contribution in [1.82, 2.24) is 5.32 Å². The molecule has 1 unspecified atom stereocenters. The molecule has 0 heterocycles. The van der Waals surface area contributed by atoms with Gasteiger partial charge in [-0.15, -0.1) is 0 Å². The molecular formula is C9H19NO2S. The first-order valence-corrected chi connectivity index (χ1v) is 6.96. The Morgan fingerprint density at radius 2 is 2.08 bits per heavy atom. The van der Waals surface area contributed by atoms with Crippen LogP contribution in [0.1, 0.15) is 26.2 Å². The van der Waals surface area contributed by atoms with Crippen LogP contribution in [0.15, 0.2) is 0 Å². The van der Waals surface area contributed by atoms with Crippen LogP contribution in [0.3, 0.4) is 0 Å². The van der Waals surface area contributed by atoms with Crippen molar-refractivity contribution in [3.63, 3.8) is 0 Å². The highest BCUT2D eigenvalue weighted by Gasteiger charge is 2.23. The van der Waals surface area contributed by atoms with E-state index in [9.17, 15) is 8.42 Å². The van der Waals surface area contributed by atoms with Crippen molar-refractivity contribution in [2.45, 2.75) is 32.2 Å². The van der Waals surface area contributed by atoms with E-state index in [2.05, 4.69) is 12.2 Å². The molecule has 78 valence electrons. The lowest BCUT2D eigenvalue weighted by atomic mass is 9.80. The molecule has 1 N–H and O–H groups in total. The molecule has 0 aromatic carbocycles. The van der Waals surface area contributed by atoms with E-state index in [0.29, 0.717) is 12.6 Å². The number of rotatable bonds is 5. The molecule has 1 fully saturated rings. The summed E-state index contributed by atoms with van der Waals surface area (Å²) in [6.07, 6.45) is 5.21. The van der Waals surface area contributed by atoms with Gasteiger partial charge < -0.3 is 5.32 Å². The molecule has 0 aromatic rings. The first-order chi connectivity index (χ1) is 5.99. The Hall–Kier alpha value is -0.0900. The molecule has 0 bridgehead atoms. The van der Waals surface area contributed by atoms with Crippen LogP contribution in [-0.4, -0.2) is 33.0 Å². The Labute approximate surface area is 80.8 Å². The van der Waals surface area contributed by atoms with E-state index < -0.39 is 9.84 Å². The molecule has 0 aliphatic heterocycles. The maximum atomic E-state index is 10.8. The minimum atomic E-state index is -2.80. The third-order valence-electron chi connectivity index (χ3n) is 2.80. The van der Waals surface area contributed by atoms with E-state index in [1.54, 1.807) is 0 Å². The zero-order valence-corrected chi connectivity index (χ0v) is 9.23. The van der Waals surface area contributed by atoms with Crippen LogP contribution in [0.2, 0.25) is 0 Å². The van der Waals surface area contributed by atoms with Crippen LogP contribution >= 0.6 is 0 Å². The highest BCUT2D eigenvalue weighted by molar-refractivity contribution is 7.90. The van der Waals surface area contributed by atoms with Gasteiger partial charge in [0.1, 0.15) is 9.84 Å². The third-order valence-corrected chi connectivity index (χ3v) is 3.74. The molecule has 1 saturated carbocycles. The maximum Gasteiger partial charge on any atom is 0.148 e. The van der Waals surface area contributed by atoms with Gasteiger partial charge in [0.2, 0.25) is 0 Å². The molecule has 1 rings (SSSR count). The number of nitrogens with one attached hydrogen (secondary N) is 1. The highest BCUT2D eigenvalue weighted by atomic mass is 32.2. The van der Waals surface area contributed by atoms with Crippen molar-refractivity contribution < 1.29 is 8.42 Å². The van der Waals surface area contributed by atoms with Crippen molar-refractivity contribution in [2.75, 3.05) is 18.6 Å². The quantitative estimate of drug-likeness (QED) is 0.722. The smallest absolute Gasteiger partial charge is 0.148 e. The Bertz CT molecular complexity index is 244. The summed E-state index contributed by atoms with van der Waals surface area (Å²) < 4.78 is 21.7. The molecular weight excluding hydrogens is 186 g/mol. The topological polar surface area (TPSA) is 46.2 Å². The molecule has 0 saturated heterocycles. The third kappa shape index (κ3) is 4.09. The molecule has 4 heteroatoms. The fourth-order valence-corrected chi connectivity index (χ4v) is 2.07. The van der Waals surface area contributed by atoms with Gasteiger partial charge in [-0.05, 0) is 25.7 Å². The first kappa shape index (κ1) is 11.0. The van der Waals surface area contributed by atoms with Gasteiger partial charge in [0, 0.05) is 18.8 Å². The van der Waals surface area contributed by atoms with Gasteiger partial charge in [0.05, 0.1) is 5.75 Å². The summed E-state index contributed by atoms with van der Waals surface area (Å²) in [5.74, 6) is 1.03. The monoisotopic (exact) mass is 205 g/mol. The van der Waals surface area contributed by atoms with Crippen LogP contribution in [0, 0.1) is 5.92 Å². The minimum Gasteiger partial charge on any atom is -0.313 e. The average molecular weight is 205 g/mol. The van der Waals surface area contributed by atoms with E-state index in [1.165, 1.54) is 25.5 Å². The molecule has 0 radical (unpaired) electrons. The van der Waals surface area contributed by atoms with Crippen LogP contribution in [0.4, 0.5) is 0 Å². The van der Waals surface area contributed by atoms with Gasteiger partial charge in [0.15, 0.2) is 0 Å². The summed E-state index contributed by atoms with van der Waals surface area (Å²) >= 11 is 0. The summed E-state index contributed by atoms with van der Waals surface area (Å²) in [7, 11) is -2.80. The van der Waals surface area contributed by atoms with Gasteiger partial charge in [-0.3, -0.25) is 0 Å². The Morgan fingerprint density at radius 3 is 2.46 bits per heavy atom. The fraction of sp³-hybridized carbons (Fsp3) is 1.00. The summed E-state index contributed by atoms with van der Waals surface area (Å²) in [5.41, 5.74) is 0. The second-order valence-electron chi connectivity index (χ2n) is 4.06. The van der Waals surface area contributed by atoms with Crippen molar-refractivity contribution >= 4 is 9.84 Å². The summed E-state index contributed by atoms with van der Waals surface area (Å²) in [4.78, 5) is 0. The summed E-state index contributed by atoms with van der Waals surface area (Å²) in [5, 5.41) is 3.26. The van der Waals surface area contributed by atoms with E-state index in [4.69, 9.17) is 0 Å². The first-order valence-electron chi connectivity index (χ1n) is 4.90. The zero-order valence-electron chi connectivity index (χ0n) is 8.41. The van der Waals surface area contributed by atoms with Gasteiger partial charge in [0.25, 0.3) is 0 Å². The van der Waals surface area contributed by atoms with Crippen molar-refractivity contribution in [3.8, 4) is 0 Å². The summed E-state index contributed by atoms with van der Waals surface area (Å²) in [6, 6.07) is 0.482. The van der Waals surface area contributed by atoms with Gasteiger partial charge in [-0.25, -0.2) is 8.42 Å². The Kier molecular flexibility index (Phi) is 3.74. The Balaban J connectivity index is 2.11. The molecule has 0 spiro atoms. The molecule has 3 nitrogen and oxygen atoms in total. The second kappa shape index (κ2) is 4.42. The fourth-order valence-electron chi connectivity index (χ4n) is 1.58. The number of hydrogen-bond donors (Lipinski definition) is 1. The standard InChI is InChI=1S/C9H19NO2S/c1-8(9-4-3-5-9)10-6-7-13(2,11)12/h8-10H,3-7H2,1-2H3. The Morgan fingerprint density at radius 1 is 1.46 bits per heavy atom. The molecule has 1 aliphatic rings. The van der Waals surface area contributed by atoms with E-state index in [0.717, 1.165) is 5.92 Å².